The van der Waals surface area contributed by atoms with Crippen molar-refractivity contribution in [1.29, 1.82) is 0 Å². The summed E-state index contributed by atoms with van der Waals surface area (Å²) in [6.07, 6.45) is 4.59. The van der Waals surface area contributed by atoms with Crippen molar-refractivity contribution in [2.75, 3.05) is 20.1 Å². The van der Waals surface area contributed by atoms with Gasteiger partial charge >= 0.3 is 0 Å². The summed E-state index contributed by atoms with van der Waals surface area (Å²) in [5.41, 5.74) is 0.627. The van der Waals surface area contributed by atoms with Crippen molar-refractivity contribution < 1.29 is 4.79 Å². The fourth-order valence-electron chi connectivity index (χ4n) is 2.35. The molecule has 0 aliphatic heterocycles. The second kappa shape index (κ2) is 6.87. The highest BCUT2D eigenvalue weighted by Gasteiger charge is 2.19. The standard InChI is InChI=1S/C15H19BrClNO/c1-18(10-11-3-2-4-11)8-7-15(19)13-6-5-12(16)9-14(13)17/h5-6,9,11H,2-4,7-8,10H2,1H3. The summed E-state index contributed by atoms with van der Waals surface area (Å²) in [7, 11) is 2.09. The number of hydrogen-bond donors (Lipinski definition) is 0. The average molecular weight is 345 g/mol. The van der Waals surface area contributed by atoms with Gasteiger partial charge in [0, 0.05) is 29.5 Å². The van der Waals surface area contributed by atoms with Gasteiger partial charge in [-0.25, -0.2) is 0 Å². The molecule has 0 saturated heterocycles. The molecule has 2 rings (SSSR count). The molecular weight excluding hydrogens is 326 g/mol. The van der Waals surface area contributed by atoms with E-state index in [1.165, 1.54) is 19.3 Å². The van der Waals surface area contributed by atoms with Crippen LogP contribution in [0.4, 0.5) is 0 Å². The Morgan fingerprint density at radius 2 is 2.21 bits per heavy atom. The molecule has 1 aromatic rings. The Balaban J connectivity index is 1.82. The Morgan fingerprint density at radius 3 is 2.79 bits per heavy atom. The maximum absolute atomic E-state index is 12.1. The molecule has 0 bridgehead atoms. The molecule has 0 aromatic heterocycles. The van der Waals surface area contributed by atoms with Crippen LogP contribution in [0.3, 0.4) is 0 Å². The Kier molecular flexibility index (Phi) is 5.43. The summed E-state index contributed by atoms with van der Waals surface area (Å²) in [6.45, 7) is 1.92. The number of carbonyl (C=O) groups excluding carboxylic acids is 1. The van der Waals surface area contributed by atoms with Gasteiger partial charge in [0.05, 0.1) is 5.02 Å². The predicted molar refractivity (Wildman–Crippen MR) is 82.9 cm³/mol. The Labute approximate surface area is 128 Å². The molecule has 19 heavy (non-hydrogen) atoms. The molecule has 4 heteroatoms. The van der Waals surface area contributed by atoms with E-state index in [0.717, 1.165) is 23.5 Å². The number of Topliss-reactive ketones (excluding diaryl/α,β-unsaturated/α-hetero) is 1. The van der Waals surface area contributed by atoms with Crippen molar-refractivity contribution in [3.05, 3.63) is 33.3 Å². The van der Waals surface area contributed by atoms with Gasteiger partial charge in [0.2, 0.25) is 0 Å². The molecule has 0 N–H and O–H groups in total. The quantitative estimate of drug-likeness (QED) is 0.713. The summed E-state index contributed by atoms with van der Waals surface area (Å²) in [6, 6.07) is 5.42. The molecule has 0 heterocycles. The summed E-state index contributed by atoms with van der Waals surface area (Å²) < 4.78 is 0.899. The number of ketones is 1. The number of benzene rings is 1. The molecule has 1 aromatic carbocycles. The summed E-state index contributed by atoms with van der Waals surface area (Å²) in [4.78, 5) is 14.4. The third-order valence-corrected chi connectivity index (χ3v) is 4.55. The molecule has 1 fully saturated rings. The van der Waals surface area contributed by atoms with Gasteiger partial charge in [-0.05, 0) is 44.0 Å². The van der Waals surface area contributed by atoms with Gasteiger partial charge in [-0.15, -0.1) is 0 Å². The van der Waals surface area contributed by atoms with Crippen molar-refractivity contribution in [2.45, 2.75) is 25.7 Å². The highest BCUT2D eigenvalue weighted by Crippen LogP contribution is 2.27. The second-order valence-electron chi connectivity index (χ2n) is 5.36. The molecule has 104 valence electrons. The van der Waals surface area contributed by atoms with Crippen molar-refractivity contribution in [1.82, 2.24) is 4.90 Å². The summed E-state index contributed by atoms with van der Waals surface area (Å²) >= 11 is 9.44. The van der Waals surface area contributed by atoms with E-state index in [4.69, 9.17) is 11.6 Å². The lowest BCUT2D eigenvalue weighted by molar-refractivity contribution is 0.0961. The number of rotatable bonds is 6. The lowest BCUT2D eigenvalue weighted by atomic mass is 9.85. The van der Waals surface area contributed by atoms with Crippen LogP contribution in [0.15, 0.2) is 22.7 Å². The number of halogens is 2. The minimum absolute atomic E-state index is 0.123. The highest BCUT2D eigenvalue weighted by molar-refractivity contribution is 9.10. The van der Waals surface area contributed by atoms with Gasteiger partial charge in [-0.3, -0.25) is 4.79 Å². The van der Waals surface area contributed by atoms with Crippen molar-refractivity contribution >= 4 is 33.3 Å². The predicted octanol–water partition coefficient (Wildman–Crippen LogP) is 4.41. The van der Waals surface area contributed by atoms with E-state index in [1.807, 2.05) is 6.07 Å². The topological polar surface area (TPSA) is 20.3 Å². The van der Waals surface area contributed by atoms with E-state index < -0.39 is 0 Å². The van der Waals surface area contributed by atoms with Crippen LogP contribution in [-0.4, -0.2) is 30.8 Å². The maximum atomic E-state index is 12.1. The van der Waals surface area contributed by atoms with E-state index in [0.29, 0.717) is 17.0 Å². The normalized spacial score (nSPS) is 15.6. The largest absolute Gasteiger partial charge is 0.306 e. The van der Waals surface area contributed by atoms with E-state index in [9.17, 15) is 4.79 Å². The van der Waals surface area contributed by atoms with Gasteiger partial charge in [-0.1, -0.05) is 34.0 Å². The fraction of sp³-hybridized carbons (Fsp3) is 0.533. The number of hydrogen-bond acceptors (Lipinski definition) is 2. The summed E-state index contributed by atoms with van der Waals surface area (Å²) in [5.74, 6) is 0.967. The molecular formula is C15H19BrClNO. The SMILES string of the molecule is CN(CCC(=O)c1ccc(Br)cc1Cl)CC1CCC1. The second-order valence-corrected chi connectivity index (χ2v) is 6.68. The molecule has 1 saturated carbocycles. The molecule has 1 aliphatic carbocycles. The van der Waals surface area contributed by atoms with E-state index in [1.54, 1.807) is 12.1 Å². The molecule has 0 spiro atoms. The molecule has 0 unspecified atom stereocenters. The first kappa shape index (κ1) is 15.0. The van der Waals surface area contributed by atoms with Crippen LogP contribution in [0.25, 0.3) is 0 Å². The van der Waals surface area contributed by atoms with Crippen molar-refractivity contribution in [2.24, 2.45) is 5.92 Å². The summed E-state index contributed by atoms with van der Waals surface area (Å²) in [5, 5.41) is 0.529. The minimum atomic E-state index is 0.123. The number of nitrogens with zero attached hydrogens (tertiary/aromatic N) is 1. The Morgan fingerprint density at radius 1 is 1.47 bits per heavy atom. The van der Waals surface area contributed by atoms with Gasteiger partial charge in [0.25, 0.3) is 0 Å². The Bertz CT molecular complexity index is 459. The van der Waals surface area contributed by atoms with Gasteiger partial charge < -0.3 is 4.90 Å². The smallest absolute Gasteiger partial charge is 0.165 e. The highest BCUT2D eigenvalue weighted by atomic mass is 79.9. The van der Waals surface area contributed by atoms with E-state index in [2.05, 4.69) is 27.9 Å². The van der Waals surface area contributed by atoms with E-state index in [-0.39, 0.29) is 5.78 Å². The van der Waals surface area contributed by atoms with Crippen molar-refractivity contribution in [3.8, 4) is 0 Å². The first-order chi connectivity index (χ1) is 9.06. The molecule has 2 nitrogen and oxygen atoms in total. The van der Waals surface area contributed by atoms with Crippen LogP contribution in [0.5, 0.6) is 0 Å². The third kappa shape index (κ3) is 4.30. The molecule has 0 atom stereocenters. The van der Waals surface area contributed by atoms with Crippen LogP contribution in [0, 0.1) is 5.92 Å². The van der Waals surface area contributed by atoms with Crippen LogP contribution in [0.2, 0.25) is 5.02 Å². The van der Waals surface area contributed by atoms with Gasteiger partial charge in [0.15, 0.2) is 5.78 Å². The third-order valence-electron chi connectivity index (χ3n) is 3.75. The number of carbonyl (C=O) groups is 1. The minimum Gasteiger partial charge on any atom is -0.306 e. The van der Waals surface area contributed by atoms with Gasteiger partial charge in [-0.2, -0.15) is 0 Å². The zero-order chi connectivity index (χ0) is 13.8. The van der Waals surface area contributed by atoms with Crippen LogP contribution >= 0.6 is 27.5 Å². The zero-order valence-corrected chi connectivity index (χ0v) is 13.5. The van der Waals surface area contributed by atoms with Crippen LogP contribution in [0.1, 0.15) is 36.0 Å². The zero-order valence-electron chi connectivity index (χ0n) is 11.2. The molecule has 0 amide bonds. The van der Waals surface area contributed by atoms with Gasteiger partial charge in [0.1, 0.15) is 0 Å². The maximum Gasteiger partial charge on any atom is 0.165 e. The monoisotopic (exact) mass is 343 g/mol. The Hall–Kier alpha value is -0.380. The van der Waals surface area contributed by atoms with E-state index >= 15 is 0 Å². The van der Waals surface area contributed by atoms with Crippen LogP contribution in [-0.2, 0) is 0 Å². The average Bonchev–Trinajstić information content (AvgIpc) is 2.31. The lowest BCUT2D eigenvalue weighted by Gasteiger charge is -2.30. The molecule has 1 aliphatic rings. The lowest BCUT2D eigenvalue weighted by Crippen LogP contribution is -2.31. The first-order valence-electron chi connectivity index (χ1n) is 6.73. The first-order valence-corrected chi connectivity index (χ1v) is 7.90. The molecule has 0 radical (unpaired) electrons. The van der Waals surface area contributed by atoms with Crippen LogP contribution < -0.4 is 0 Å². The fourth-order valence-corrected chi connectivity index (χ4v) is 3.13. The van der Waals surface area contributed by atoms with Crippen molar-refractivity contribution in [3.63, 3.8) is 0 Å².